The van der Waals surface area contributed by atoms with E-state index in [1.807, 2.05) is 0 Å². The summed E-state index contributed by atoms with van der Waals surface area (Å²) in [5.41, 5.74) is 0. The molecular formula is C9H17NO2. The average Bonchev–Trinajstić information content (AvgIpc) is 2.49. The Morgan fingerprint density at radius 3 is 2.75 bits per heavy atom. The van der Waals surface area contributed by atoms with Crippen molar-refractivity contribution in [2.45, 2.75) is 25.9 Å². The number of carbonyl (C=O) groups is 1. The number of carbonyl (C=O) groups excluding carboxylic acids is 1. The maximum absolute atomic E-state index is 11.6. The van der Waals surface area contributed by atoms with Gasteiger partial charge in [-0.1, -0.05) is 6.92 Å². The largest absolute Gasteiger partial charge is 0.377 e. The second kappa shape index (κ2) is 3.90. The van der Waals surface area contributed by atoms with Crippen molar-refractivity contribution in [2.75, 3.05) is 20.7 Å². The lowest BCUT2D eigenvalue weighted by Crippen LogP contribution is -2.34. The predicted octanol–water partition coefficient (Wildman–Crippen LogP) is 0.890. The summed E-state index contributed by atoms with van der Waals surface area (Å²) in [5, 5.41) is 0. The van der Waals surface area contributed by atoms with Gasteiger partial charge in [0.25, 0.3) is 0 Å². The van der Waals surface area contributed by atoms with Crippen molar-refractivity contribution in [1.82, 2.24) is 4.90 Å². The molecule has 0 aromatic rings. The molecule has 0 aliphatic carbocycles. The second-order valence-electron chi connectivity index (χ2n) is 3.45. The lowest BCUT2D eigenvalue weighted by Gasteiger charge is -2.19. The highest BCUT2D eigenvalue weighted by molar-refractivity contribution is 5.79. The average molecular weight is 171 g/mol. The number of nitrogens with zero attached hydrogens (tertiary/aromatic N) is 1. The smallest absolute Gasteiger partial charge is 0.227 e. The van der Waals surface area contributed by atoms with Crippen molar-refractivity contribution >= 4 is 5.91 Å². The molecule has 70 valence electrons. The summed E-state index contributed by atoms with van der Waals surface area (Å²) in [6.07, 6.45) is 1.97. The van der Waals surface area contributed by atoms with Crippen LogP contribution >= 0.6 is 0 Å². The minimum atomic E-state index is 0.102. The third kappa shape index (κ3) is 1.78. The van der Waals surface area contributed by atoms with Gasteiger partial charge in [0, 0.05) is 20.7 Å². The number of ether oxygens (including phenoxy) is 1. The van der Waals surface area contributed by atoms with Crippen molar-refractivity contribution in [3.05, 3.63) is 0 Å². The third-order valence-corrected chi connectivity index (χ3v) is 2.37. The Bertz CT molecular complexity index is 168. The molecule has 1 fully saturated rings. The summed E-state index contributed by atoms with van der Waals surface area (Å²) in [5.74, 6) is 0.310. The van der Waals surface area contributed by atoms with E-state index in [4.69, 9.17) is 4.74 Å². The molecule has 1 saturated heterocycles. The topological polar surface area (TPSA) is 29.5 Å². The molecule has 3 heteroatoms. The Balaban J connectivity index is 2.55. The van der Waals surface area contributed by atoms with Gasteiger partial charge in [0.15, 0.2) is 0 Å². The molecule has 12 heavy (non-hydrogen) atoms. The number of hydrogen-bond donors (Lipinski definition) is 0. The minimum Gasteiger partial charge on any atom is -0.377 e. The molecule has 0 aromatic carbocycles. The minimum absolute atomic E-state index is 0.102. The zero-order valence-corrected chi connectivity index (χ0v) is 8.04. The van der Waals surface area contributed by atoms with Gasteiger partial charge in [-0.25, -0.2) is 0 Å². The Kier molecular flexibility index (Phi) is 3.09. The summed E-state index contributed by atoms with van der Waals surface area (Å²) in [7, 11) is 3.60. The van der Waals surface area contributed by atoms with Crippen LogP contribution in [0.2, 0.25) is 0 Å². The van der Waals surface area contributed by atoms with E-state index in [9.17, 15) is 4.79 Å². The summed E-state index contributed by atoms with van der Waals surface area (Å²) >= 11 is 0. The van der Waals surface area contributed by atoms with Gasteiger partial charge in [0.1, 0.15) is 0 Å². The van der Waals surface area contributed by atoms with Gasteiger partial charge in [0.05, 0.1) is 12.0 Å². The van der Waals surface area contributed by atoms with Crippen molar-refractivity contribution in [3.8, 4) is 0 Å². The van der Waals surface area contributed by atoms with E-state index in [-0.39, 0.29) is 17.9 Å². The van der Waals surface area contributed by atoms with Gasteiger partial charge in [-0.2, -0.15) is 0 Å². The van der Waals surface area contributed by atoms with Crippen LogP contribution in [0.5, 0.6) is 0 Å². The lowest BCUT2D eigenvalue weighted by molar-refractivity contribution is -0.134. The first-order chi connectivity index (χ1) is 5.66. The monoisotopic (exact) mass is 171 g/mol. The maximum atomic E-state index is 11.6. The number of rotatable bonds is 2. The fraction of sp³-hybridized carbons (Fsp3) is 0.889. The molecule has 0 radical (unpaired) electrons. The maximum Gasteiger partial charge on any atom is 0.227 e. The van der Waals surface area contributed by atoms with Crippen molar-refractivity contribution < 1.29 is 9.53 Å². The Morgan fingerprint density at radius 1 is 1.58 bits per heavy atom. The second-order valence-corrected chi connectivity index (χ2v) is 3.45. The molecule has 1 aliphatic rings. The van der Waals surface area contributed by atoms with E-state index >= 15 is 0 Å². The molecular weight excluding hydrogens is 154 g/mol. The summed E-state index contributed by atoms with van der Waals surface area (Å²) in [4.78, 5) is 13.2. The van der Waals surface area contributed by atoms with Gasteiger partial charge in [-0.15, -0.1) is 0 Å². The summed E-state index contributed by atoms with van der Waals surface area (Å²) < 4.78 is 5.44. The fourth-order valence-corrected chi connectivity index (χ4v) is 1.66. The molecule has 0 aromatic heterocycles. The van der Waals surface area contributed by atoms with E-state index in [2.05, 4.69) is 6.92 Å². The van der Waals surface area contributed by atoms with E-state index in [1.165, 1.54) is 0 Å². The zero-order chi connectivity index (χ0) is 9.14. The molecule has 1 amide bonds. The molecule has 2 atom stereocenters. The molecule has 1 aliphatic heterocycles. The molecule has 1 rings (SSSR count). The summed E-state index contributed by atoms with van der Waals surface area (Å²) in [6, 6.07) is 0. The van der Waals surface area contributed by atoms with Crippen molar-refractivity contribution in [2.24, 2.45) is 5.92 Å². The quantitative estimate of drug-likeness (QED) is 0.617. The Hall–Kier alpha value is -0.570. The van der Waals surface area contributed by atoms with Gasteiger partial charge in [-0.3, -0.25) is 4.79 Å². The van der Waals surface area contributed by atoms with Crippen molar-refractivity contribution in [1.29, 1.82) is 0 Å². The summed E-state index contributed by atoms with van der Waals surface area (Å²) in [6.45, 7) is 2.80. The highest BCUT2D eigenvalue weighted by Gasteiger charge is 2.33. The van der Waals surface area contributed by atoms with Gasteiger partial charge in [0.2, 0.25) is 5.91 Å². The number of hydrogen-bond acceptors (Lipinski definition) is 2. The molecule has 0 spiro atoms. The zero-order valence-electron chi connectivity index (χ0n) is 8.04. The first-order valence-corrected chi connectivity index (χ1v) is 4.49. The predicted molar refractivity (Wildman–Crippen MR) is 46.8 cm³/mol. The number of amides is 1. The van der Waals surface area contributed by atoms with Crippen LogP contribution in [0.4, 0.5) is 0 Å². The van der Waals surface area contributed by atoms with Crippen LogP contribution < -0.4 is 0 Å². The lowest BCUT2D eigenvalue weighted by atomic mass is 9.98. The Labute approximate surface area is 73.7 Å². The first-order valence-electron chi connectivity index (χ1n) is 4.49. The Morgan fingerprint density at radius 2 is 2.25 bits per heavy atom. The van der Waals surface area contributed by atoms with Gasteiger partial charge >= 0.3 is 0 Å². The van der Waals surface area contributed by atoms with Crippen LogP contribution in [0.3, 0.4) is 0 Å². The standard InChI is InChI=1S/C9H17NO2/c1-4-8-7(5-6-12-8)9(11)10(2)3/h7-8H,4-6H2,1-3H3. The van der Waals surface area contributed by atoms with E-state index in [1.54, 1.807) is 19.0 Å². The highest BCUT2D eigenvalue weighted by atomic mass is 16.5. The van der Waals surface area contributed by atoms with Crippen LogP contribution in [0.15, 0.2) is 0 Å². The highest BCUT2D eigenvalue weighted by Crippen LogP contribution is 2.24. The van der Waals surface area contributed by atoms with E-state index < -0.39 is 0 Å². The van der Waals surface area contributed by atoms with Crippen LogP contribution in [-0.2, 0) is 9.53 Å². The fourth-order valence-electron chi connectivity index (χ4n) is 1.66. The van der Waals surface area contributed by atoms with Gasteiger partial charge in [-0.05, 0) is 12.8 Å². The normalized spacial score (nSPS) is 28.9. The van der Waals surface area contributed by atoms with E-state index in [0.29, 0.717) is 0 Å². The molecule has 0 N–H and O–H groups in total. The van der Waals surface area contributed by atoms with Crippen LogP contribution in [0.25, 0.3) is 0 Å². The molecule has 0 bridgehead atoms. The SMILES string of the molecule is CCC1OCCC1C(=O)N(C)C. The van der Waals surface area contributed by atoms with Crippen molar-refractivity contribution in [3.63, 3.8) is 0 Å². The molecule has 1 heterocycles. The van der Waals surface area contributed by atoms with Gasteiger partial charge < -0.3 is 9.64 Å². The van der Waals surface area contributed by atoms with Crippen LogP contribution in [0.1, 0.15) is 19.8 Å². The molecule has 3 nitrogen and oxygen atoms in total. The molecule has 0 saturated carbocycles. The first kappa shape index (κ1) is 9.52. The van der Waals surface area contributed by atoms with Crippen LogP contribution in [-0.4, -0.2) is 37.6 Å². The third-order valence-electron chi connectivity index (χ3n) is 2.37. The molecule has 2 unspecified atom stereocenters. The van der Waals surface area contributed by atoms with Crippen LogP contribution in [0, 0.1) is 5.92 Å². The van der Waals surface area contributed by atoms with E-state index in [0.717, 1.165) is 19.4 Å².